The number of benzene rings is 1. The number of piperidine rings is 1. The number of hydrogen-bond acceptors (Lipinski definition) is 4. The van der Waals surface area contributed by atoms with E-state index in [4.69, 9.17) is 9.47 Å². The number of likely N-dealkylation sites (N-methyl/N-ethyl adjacent to an activating group) is 1. The van der Waals surface area contributed by atoms with Crippen LogP contribution in [0, 0.1) is 0 Å². The molecule has 0 amide bonds. The fraction of sp³-hybridized carbons (Fsp3) is 0.647. The van der Waals surface area contributed by atoms with E-state index >= 15 is 0 Å². The fourth-order valence-corrected chi connectivity index (χ4v) is 2.70. The van der Waals surface area contributed by atoms with Gasteiger partial charge in [-0.25, -0.2) is 0 Å². The van der Waals surface area contributed by atoms with Crippen LogP contribution < -0.4 is 10.1 Å². The molecule has 1 aromatic carbocycles. The summed E-state index contributed by atoms with van der Waals surface area (Å²) in [7, 11) is 4.14. The molecule has 0 aliphatic carbocycles. The molecule has 1 aliphatic heterocycles. The second kappa shape index (κ2) is 9.03. The van der Waals surface area contributed by atoms with Gasteiger partial charge in [0.2, 0.25) is 0 Å². The summed E-state index contributed by atoms with van der Waals surface area (Å²) in [6, 6.07) is 8.79. The van der Waals surface area contributed by atoms with Crippen molar-refractivity contribution in [3.8, 4) is 5.75 Å². The third-order valence-electron chi connectivity index (χ3n) is 4.03. The molecule has 21 heavy (non-hydrogen) atoms. The first-order valence-corrected chi connectivity index (χ1v) is 7.94. The Morgan fingerprint density at radius 3 is 2.71 bits per heavy atom. The van der Waals surface area contributed by atoms with E-state index in [1.165, 1.54) is 31.4 Å². The van der Waals surface area contributed by atoms with E-state index in [0.717, 1.165) is 18.9 Å². The first-order valence-electron chi connectivity index (χ1n) is 7.94. The zero-order valence-electron chi connectivity index (χ0n) is 13.3. The molecule has 0 aromatic heterocycles. The molecule has 1 aromatic rings. The predicted molar refractivity (Wildman–Crippen MR) is 85.8 cm³/mol. The van der Waals surface area contributed by atoms with Crippen molar-refractivity contribution >= 4 is 0 Å². The summed E-state index contributed by atoms with van der Waals surface area (Å²) in [6.45, 7) is 4.17. The highest BCUT2D eigenvalue weighted by Gasteiger charge is 2.18. The number of ether oxygens (including phenoxy) is 2. The number of hydrogen-bond donors (Lipinski definition) is 1. The summed E-state index contributed by atoms with van der Waals surface area (Å²) >= 11 is 0. The number of nitrogens with one attached hydrogen (secondary N) is 1. The van der Waals surface area contributed by atoms with Gasteiger partial charge in [0.15, 0.2) is 0 Å². The molecule has 1 unspecified atom stereocenters. The standard InChI is InChI=1S/C17H28N2O2/c1-18-13-15-6-8-17(9-7-15)21-12-11-20-14-16-5-3-4-10-19(16)2/h6-9,16,18H,3-5,10-14H2,1-2H3. The zero-order valence-corrected chi connectivity index (χ0v) is 13.3. The molecule has 0 spiro atoms. The summed E-state index contributed by atoms with van der Waals surface area (Å²) in [4.78, 5) is 2.41. The molecule has 2 rings (SSSR count). The van der Waals surface area contributed by atoms with Crippen molar-refractivity contribution in [2.24, 2.45) is 0 Å². The molecule has 118 valence electrons. The van der Waals surface area contributed by atoms with E-state index in [-0.39, 0.29) is 0 Å². The lowest BCUT2D eigenvalue weighted by molar-refractivity contribution is 0.0391. The Morgan fingerprint density at radius 2 is 2.00 bits per heavy atom. The molecule has 4 nitrogen and oxygen atoms in total. The van der Waals surface area contributed by atoms with Crippen molar-refractivity contribution in [1.82, 2.24) is 10.2 Å². The van der Waals surface area contributed by atoms with Crippen LogP contribution in [-0.2, 0) is 11.3 Å². The zero-order chi connectivity index (χ0) is 14.9. The lowest BCUT2D eigenvalue weighted by Gasteiger charge is -2.32. The lowest BCUT2D eigenvalue weighted by atomic mass is 10.0. The van der Waals surface area contributed by atoms with Crippen LogP contribution in [0.2, 0.25) is 0 Å². The Balaban J connectivity index is 1.58. The molecule has 1 aliphatic rings. The van der Waals surface area contributed by atoms with Crippen molar-refractivity contribution in [2.45, 2.75) is 31.8 Å². The summed E-state index contributed by atoms with van der Waals surface area (Å²) < 4.78 is 11.4. The lowest BCUT2D eigenvalue weighted by Crippen LogP contribution is -2.39. The molecule has 1 heterocycles. The average Bonchev–Trinajstić information content (AvgIpc) is 2.51. The normalized spacial score (nSPS) is 19.6. The number of nitrogens with zero attached hydrogens (tertiary/aromatic N) is 1. The molecule has 0 saturated carbocycles. The van der Waals surface area contributed by atoms with Gasteiger partial charge in [0.25, 0.3) is 0 Å². The molecular weight excluding hydrogens is 264 g/mol. The smallest absolute Gasteiger partial charge is 0.119 e. The summed E-state index contributed by atoms with van der Waals surface area (Å²) in [5.74, 6) is 0.910. The Bertz CT molecular complexity index is 394. The van der Waals surface area contributed by atoms with E-state index in [0.29, 0.717) is 19.3 Å². The third kappa shape index (κ3) is 5.65. The molecule has 4 heteroatoms. The Labute approximate surface area is 128 Å². The average molecular weight is 292 g/mol. The van der Waals surface area contributed by atoms with Gasteiger partial charge in [-0.15, -0.1) is 0 Å². The highest BCUT2D eigenvalue weighted by atomic mass is 16.5. The first kappa shape index (κ1) is 16.3. The highest BCUT2D eigenvalue weighted by Crippen LogP contribution is 2.15. The quantitative estimate of drug-likeness (QED) is 0.745. The molecule has 0 bridgehead atoms. The predicted octanol–water partition coefficient (Wildman–Crippen LogP) is 2.29. The van der Waals surface area contributed by atoms with Crippen LogP contribution in [0.3, 0.4) is 0 Å². The van der Waals surface area contributed by atoms with Gasteiger partial charge in [0, 0.05) is 12.6 Å². The van der Waals surface area contributed by atoms with Gasteiger partial charge in [-0.1, -0.05) is 18.6 Å². The van der Waals surface area contributed by atoms with Crippen LogP contribution in [0.1, 0.15) is 24.8 Å². The minimum absolute atomic E-state index is 0.583. The molecule has 1 N–H and O–H groups in total. The third-order valence-corrected chi connectivity index (χ3v) is 4.03. The largest absolute Gasteiger partial charge is 0.491 e. The van der Waals surface area contributed by atoms with Crippen LogP contribution in [0.25, 0.3) is 0 Å². The van der Waals surface area contributed by atoms with Crippen molar-refractivity contribution in [2.75, 3.05) is 40.5 Å². The van der Waals surface area contributed by atoms with Gasteiger partial charge in [0.1, 0.15) is 12.4 Å². The van der Waals surface area contributed by atoms with Crippen molar-refractivity contribution in [1.29, 1.82) is 0 Å². The van der Waals surface area contributed by atoms with Crippen LogP contribution in [-0.4, -0.2) is 51.4 Å². The van der Waals surface area contributed by atoms with Crippen LogP contribution in [0.5, 0.6) is 5.75 Å². The topological polar surface area (TPSA) is 33.7 Å². The SMILES string of the molecule is CNCc1ccc(OCCOCC2CCCCN2C)cc1. The molecule has 1 atom stereocenters. The van der Waals surface area contributed by atoms with Gasteiger partial charge in [-0.3, -0.25) is 0 Å². The summed E-state index contributed by atoms with van der Waals surface area (Å²) in [5, 5.41) is 3.13. The van der Waals surface area contributed by atoms with Crippen LogP contribution >= 0.6 is 0 Å². The molecular formula is C17H28N2O2. The van der Waals surface area contributed by atoms with Crippen molar-refractivity contribution in [3.63, 3.8) is 0 Å². The number of rotatable bonds is 8. The maximum atomic E-state index is 5.75. The van der Waals surface area contributed by atoms with E-state index in [1.807, 2.05) is 19.2 Å². The van der Waals surface area contributed by atoms with E-state index in [1.54, 1.807) is 0 Å². The Hall–Kier alpha value is -1.10. The van der Waals surface area contributed by atoms with Crippen molar-refractivity contribution < 1.29 is 9.47 Å². The Morgan fingerprint density at radius 1 is 1.19 bits per heavy atom. The summed E-state index contributed by atoms with van der Waals surface area (Å²) in [5.41, 5.74) is 1.27. The fourth-order valence-electron chi connectivity index (χ4n) is 2.70. The summed E-state index contributed by atoms with van der Waals surface area (Å²) in [6.07, 6.45) is 3.90. The minimum atomic E-state index is 0.583. The maximum absolute atomic E-state index is 5.75. The van der Waals surface area contributed by atoms with Crippen molar-refractivity contribution in [3.05, 3.63) is 29.8 Å². The Kier molecular flexibility index (Phi) is 7.00. The van der Waals surface area contributed by atoms with Gasteiger partial charge >= 0.3 is 0 Å². The molecule has 1 fully saturated rings. The first-order chi connectivity index (χ1) is 10.3. The highest BCUT2D eigenvalue weighted by molar-refractivity contribution is 5.27. The van der Waals surface area contributed by atoms with Gasteiger partial charge in [0.05, 0.1) is 13.2 Å². The van der Waals surface area contributed by atoms with Crippen LogP contribution in [0.15, 0.2) is 24.3 Å². The van der Waals surface area contributed by atoms with Gasteiger partial charge < -0.3 is 19.7 Å². The minimum Gasteiger partial charge on any atom is -0.491 e. The van der Waals surface area contributed by atoms with Gasteiger partial charge in [-0.05, 0) is 51.2 Å². The van der Waals surface area contributed by atoms with E-state index in [9.17, 15) is 0 Å². The van der Waals surface area contributed by atoms with Gasteiger partial charge in [-0.2, -0.15) is 0 Å². The van der Waals surface area contributed by atoms with Crippen LogP contribution in [0.4, 0.5) is 0 Å². The molecule has 0 radical (unpaired) electrons. The molecule has 1 saturated heterocycles. The second-order valence-corrected chi connectivity index (χ2v) is 5.73. The monoisotopic (exact) mass is 292 g/mol. The number of likely N-dealkylation sites (tertiary alicyclic amines) is 1. The second-order valence-electron chi connectivity index (χ2n) is 5.73. The maximum Gasteiger partial charge on any atom is 0.119 e. The van der Waals surface area contributed by atoms with E-state index in [2.05, 4.69) is 29.4 Å². The van der Waals surface area contributed by atoms with E-state index < -0.39 is 0 Å².